The van der Waals surface area contributed by atoms with Crippen LogP contribution in [-0.4, -0.2) is 36.9 Å². The summed E-state index contributed by atoms with van der Waals surface area (Å²) in [5.74, 6) is -1.14. The Balaban J connectivity index is 1.74. The second-order valence-electron chi connectivity index (χ2n) is 8.19. The number of hydrogen-bond donors (Lipinski definition) is 1. The Bertz CT molecular complexity index is 1180. The normalized spacial score (nSPS) is 15.4. The van der Waals surface area contributed by atoms with Gasteiger partial charge in [0, 0.05) is 5.56 Å². The number of quaternary nitrogens is 1. The van der Waals surface area contributed by atoms with Crippen molar-refractivity contribution in [2.24, 2.45) is 0 Å². The van der Waals surface area contributed by atoms with Crippen molar-refractivity contribution in [3.05, 3.63) is 64.8 Å². The second kappa shape index (κ2) is 9.36. The summed E-state index contributed by atoms with van der Waals surface area (Å²) in [6, 6.07) is 16.8. The predicted molar refractivity (Wildman–Crippen MR) is 121 cm³/mol. The number of hydrogen-bond acceptors (Lipinski definition) is 5. The van der Waals surface area contributed by atoms with E-state index in [0.717, 1.165) is 30.4 Å². The van der Waals surface area contributed by atoms with Gasteiger partial charge in [-0.25, -0.2) is 4.48 Å². The maximum absolute atomic E-state index is 13.0. The molecule has 7 heteroatoms. The lowest BCUT2D eigenvalue weighted by molar-refractivity contribution is -0.151. The molecule has 0 bridgehead atoms. The SMILES string of the molecule is O=C(O)CCC(=O)OC[N+]1(c2cc(=O)c3cccc(-c4ccccc4)c3o2)CCCCC1. The number of likely N-dealkylation sites (tertiary alicyclic amines) is 1. The lowest BCUT2D eigenvalue weighted by atomic mass is 10.0. The van der Waals surface area contributed by atoms with Crippen molar-refractivity contribution in [3.8, 4) is 11.1 Å². The Kier molecular flexibility index (Phi) is 6.37. The van der Waals surface area contributed by atoms with E-state index >= 15 is 0 Å². The summed E-state index contributed by atoms with van der Waals surface area (Å²) in [7, 11) is 0. The Morgan fingerprint density at radius 3 is 2.44 bits per heavy atom. The molecule has 0 spiro atoms. The molecule has 0 radical (unpaired) electrons. The molecule has 4 rings (SSSR count). The van der Waals surface area contributed by atoms with Crippen molar-refractivity contribution in [1.29, 1.82) is 0 Å². The number of piperidine rings is 1. The molecule has 1 aliphatic heterocycles. The molecule has 1 aromatic heterocycles. The first-order valence-electron chi connectivity index (χ1n) is 10.8. The lowest BCUT2D eigenvalue weighted by Gasteiger charge is -2.38. The quantitative estimate of drug-likeness (QED) is 0.438. The van der Waals surface area contributed by atoms with Gasteiger partial charge in [0.25, 0.3) is 0 Å². The molecule has 166 valence electrons. The van der Waals surface area contributed by atoms with Crippen LogP contribution in [0.4, 0.5) is 5.88 Å². The number of ether oxygens (including phenoxy) is 1. The fraction of sp³-hybridized carbons (Fsp3) is 0.320. The molecule has 7 nitrogen and oxygen atoms in total. The van der Waals surface area contributed by atoms with Crippen molar-refractivity contribution in [2.45, 2.75) is 32.1 Å². The highest BCUT2D eigenvalue weighted by Crippen LogP contribution is 2.34. The van der Waals surface area contributed by atoms with Crippen molar-refractivity contribution in [1.82, 2.24) is 4.48 Å². The standard InChI is InChI=1S/C25H25NO6/c27-21-16-22(26(14-5-2-6-15-26)17-31-24(30)13-12-23(28)29)32-25-19(10-7-11-20(21)25)18-8-3-1-4-9-18/h1,3-4,7-11,16H,2,5-6,12-15,17H2/p+1. The number of carboxylic acid groups (broad SMARTS) is 1. The molecule has 1 aliphatic rings. The molecule has 0 amide bonds. The van der Waals surface area contributed by atoms with Gasteiger partial charge in [0.2, 0.25) is 6.73 Å². The van der Waals surface area contributed by atoms with E-state index in [1.165, 1.54) is 6.07 Å². The fourth-order valence-electron chi connectivity index (χ4n) is 4.25. The van der Waals surface area contributed by atoms with Gasteiger partial charge >= 0.3 is 17.8 Å². The van der Waals surface area contributed by atoms with E-state index in [-0.39, 0.29) is 29.5 Å². The van der Waals surface area contributed by atoms with Crippen LogP contribution in [0.1, 0.15) is 32.1 Å². The molecule has 0 saturated carbocycles. The Hall–Kier alpha value is -3.45. The second-order valence-corrected chi connectivity index (χ2v) is 8.19. The van der Waals surface area contributed by atoms with Gasteiger partial charge in [-0.05, 0) is 30.9 Å². The zero-order valence-electron chi connectivity index (χ0n) is 17.8. The highest BCUT2D eigenvalue weighted by molar-refractivity contribution is 5.92. The molecule has 2 heterocycles. The molecule has 0 aliphatic carbocycles. The molecule has 32 heavy (non-hydrogen) atoms. The van der Waals surface area contributed by atoms with Crippen molar-refractivity contribution in [2.75, 3.05) is 19.8 Å². The average Bonchev–Trinajstić information content (AvgIpc) is 2.82. The summed E-state index contributed by atoms with van der Waals surface area (Å²) >= 11 is 0. The van der Waals surface area contributed by atoms with Crippen LogP contribution < -0.4 is 9.91 Å². The van der Waals surface area contributed by atoms with Crippen LogP contribution in [0.5, 0.6) is 0 Å². The third kappa shape index (κ3) is 4.57. The Labute approximate surface area is 185 Å². The van der Waals surface area contributed by atoms with E-state index in [0.29, 0.717) is 29.9 Å². The first-order chi connectivity index (χ1) is 15.5. The maximum Gasteiger partial charge on any atom is 0.310 e. The largest absolute Gasteiger partial charge is 0.481 e. The molecule has 2 aromatic carbocycles. The van der Waals surface area contributed by atoms with Gasteiger partial charge in [-0.15, -0.1) is 0 Å². The van der Waals surface area contributed by atoms with Gasteiger partial charge in [-0.3, -0.25) is 14.4 Å². The van der Waals surface area contributed by atoms with Gasteiger partial charge in [0.05, 0.1) is 37.4 Å². The lowest BCUT2D eigenvalue weighted by Crippen LogP contribution is -2.54. The van der Waals surface area contributed by atoms with Gasteiger partial charge < -0.3 is 14.3 Å². The van der Waals surface area contributed by atoms with Crippen molar-refractivity contribution in [3.63, 3.8) is 0 Å². The van der Waals surface area contributed by atoms with Crippen LogP contribution in [0.15, 0.2) is 63.8 Å². The molecule has 3 aromatic rings. The summed E-state index contributed by atoms with van der Waals surface area (Å²) in [4.78, 5) is 35.9. The summed E-state index contributed by atoms with van der Waals surface area (Å²) in [6.45, 7) is 1.36. The Morgan fingerprint density at radius 2 is 1.72 bits per heavy atom. The van der Waals surface area contributed by atoms with Crippen molar-refractivity contribution >= 4 is 28.8 Å². The topological polar surface area (TPSA) is 93.8 Å². The number of para-hydroxylation sites is 1. The van der Waals surface area contributed by atoms with Crippen LogP contribution >= 0.6 is 0 Å². The van der Waals surface area contributed by atoms with E-state index in [4.69, 9.17) is 14.3 Å². The van der Waals surface area contributed by atoms with E-state index in [1.54, 1.807) is 6.07 Å². The number of fused-ring (bicyclic) bond motifs is 1. The number of carboxylic acids is 1. The smallest absolute Gasteiger partial charge is 0.310 e. The number of esters is 1. The molecule has 1 fully saturated rings. The van der Waals surface area contributed by atoms with Gasteiger partial charge in [0.15, 0.2) is 11.0 Å². The summed E-state index contributed by atoms with van der Waals surface area (Å²) < 4.78 is 12.1. The fourth-order valence-corrected chi connectivity index (χ4v) is 4.25. The van der Waals surface area contributed by atoms with Crippen molar-refractivity contribution < 1.29 is 23.8 Å². The summed E-state index contributed by atoms with van der Waals surface area (Å²) in [5, 5.41) is 9.30. The molecule has 0 atom stereocenters. The zero-order chi connectivity index (χ0) is 22.6. The first kappa shape index (κ1) is 21.8. The van der Waals surface area contributed by atoms with E-state index in [9.17, 15) is 14.4 Å². The maximum atomic E-state index is 13.0. The number of rotatable bonds is 7. The van der Waals surface area contributed by atoms with Gasteiger partial charge in [-0.1, -0.05) is 42.5 Å². The molecule has 1 N–H and O–H groups in total. The zero-order valence-corrected chi connectivity index (χ0v) is 17.8. The van der Waals surface area contributed by atoms with Crippen LogP contribution in [0.25, 0.3) is 22.1 Å². The number of carbonyl (C=O) groups is 2. The van der Waals surface area contributed by atoms with Crippen LogP contribution in [0.3, 0.4) is 0 Å². The third-order valence-corrected chi connectivity index (χ3v) is 5.98. The Morgan fingerprint density at radius 1 is 0.969 bits per heavy atom. The monoisotopic (exact) mass is 436 g/mol. The highest BCUT2D eigenvalue weighted by atomic mass is 16.6. The third-order valence-electron chi connectivity index (χ3n) is 5.98. The van der Waals surface area contributed by atoms with Crippen LogP contribution in [0, 0.1) is 0 Å². The minimum atomic E-state index is -1.04. The molecule has 0 unspecified atom stereocenters. The number of aliphatic carboxylic acids is 1. The minimum absolute atomic E-state index is 0.0143. The number of nitrogens with zero attached hydrogens (tertiary/aromatic N) is 1. The summed E-state index contributed by atoms with van der Waals surface area (Å²) in [6.07, 6.45) is 2.42. The van der Waals surface area contributed by atoms with Crippen LogP contribution in [-0.2, 0) is 14.3 Å². The summed E-state index contributed by atoms with van der Waals surface area (Å²) in [5.41, 5.74) is 2.15. The number of benzene rings is 2. The van der Waals surface area contributed by atoms with Gasteiger partial charge in [0.1, 0.15) is 0 Å². The predicted octanol–water partition coefficient (Wildman–Crippen LogP) is 4.32. The molecular formula is C25H26NO6+. The average molecular weight is 436 g/mol. The highest BCUT2D eigenvalue weighted by Gasteiger charge is 2.37. The van der Waals surface area contributed by atoms with Crippen LogP contribution in [0.2, 0.25) is 0 Å². The minimum Gasteiger partial charge on any atom is -0.481 e. The van der Waals surface area contributed by atoms with E-state index in [1.807, 2.05) is 42.5 Å². The van der Waals surface area contributed by atoms with E-state index < -0.39 is 11.9 Å². The van der Waals surface area contributed by atoms with E-state index in [2.05, 4.69) is 0 Å². The van der Waals surface area contributed by atoms with Gasteiger partial charge in [-0.2, -0.15) is 0 Å². The number of carbonyl (C=O) groups excluding carboxylic acids is 1. The molecular weight excluding hydrogens is 410 g/mol. The molecule has 1 saturated heterocycles. The first-order valence-corrected chi connectivity index (χ1v) is 10.8.